The molecule has 0 radical (unpaired) electrons. The highest BCUT2D eigenvalue weighted by Crippen LogP contribution is 2.16. The highest BCUT2D eigenvalue weighted by Gasteiger charge is 2.06. The van der Waals surface area contributed by atoms with Gasteiger partial charge in [-0.25, -0.2) is 4.98 Å². The van der Waals surface area contributed by atoms with Crippen molar-refractivity contribution in [3.63, 3.8) is 0 Å². The van der Waals surface area contributed by atoms with Gasteiger partial charge in [-0.05, 0) is 40.8 Å². The van der Waals surface area contributed by atoms with Crippen LogP contribution in [0.2, 0.25) is 0 Å². The highest BCUT2D eigenvalue weighted by molar-refractivity contribution is 14.1. The Balaban J connectivity index is 1.88. The Bertz CT molecular complexity index is 556. The smallest absolute Gasteiger partial charge is 0.234 e. The van der Waals surface area contributed by atoms with Crippen molar-refractivity contribution in [2.24, 2.45) is 7.05 Å². The molecule has 4 nitrogen and oxygen atoms in total. The number of aromatic nitrogens is 2. The van der Waals surface area contributed by atoms with Crippen LogP contribution in [0.3, 0.4) is 0 Å². The van der Waals surface area contributed by atoms with Crippen molar-refractivity contribution in [2.45, 2.75) is 5.16 Å². The first-order valence-electron chi connectivity index (χ1n) is 5.30. The summed E-state index contributed by atoms with van der Waals surface area (Å²) in [5.74, 6) is 0.334. The fourth-order valence-corrected chi connectivity index (χ4v) is 2.66. The zero-order valence-electron chi connectivity index (χ0n) is 9.76. The fraction of sp³-hybridized carbons (Fsp3) is 0.167. The summed E-state index contributed by atoms with van der Waals surface area (Å²) in [5.41, 5.74) is 0.826. The van der Waals surface area contributed by atoms with E-state index in [-0.39, 0.29) is 5.91 Å². The van der Waals surface area contributed by atoms with Gasteiger partial charge in [-0.2, -0.15) is 0 Å². The number of carbonyl (C=O) groups is 1. The maximum absolute atomic E-state index is 11.8. The van der Waals surface area contributed by atoms with Crippen molar-refractivity contribution >= 4 is 45.9 Å². The van der Waals surface area contributed by atoms with Crippen LogP contribution in [0.5, 0.6) is 0 Å². The number of aryl methyl sites for hydroxylation is 1. The van der Waals surface area contributed by atoms with Gasteiger partial charge in [0.25, 0.3) is 0 Å². The number of rotatable bonds is 4. The quantitative estimate of drug-likeness (QED) is 0.662. The summed E-state index contributed by atoms with van der Waals surface area (Å²) in [5, 5.41) is 3.70. The van der Waals surface area contributed by atoms with E-state index < -0.39 is 0 Å². The van der Waals surface area contributed by atoms with Gasteiger partial charge in [0.15, 0.2) is 5.16 Å². The third-order valence-electron chi connectivity index (χ3n) is 2.22. The molecular weight excluding hydrogens is 361 g/mol. The monoisotopic (exact) mass is 373 g/mol. The van der Waals surface area contributed by atoms with Gasteiger partial charge in [0.2, 0.25) is 5.91 Å². The Labute approximate surface area is 123 Å². The first kappa shape index (κ1) is 13.4. The highest BCUT2D eigenvalue weighted by atomic mass is 127. The molecule has 0 bridgehead atoms. The Hall–Kier alpha value is -1.02. The number of thioether (sulfide) groups is 1. The van der Waals surface area contributed by atoms with Crippen LogP contribution in [0.1, 0.15) is 0 Å². The molecule has 18 heavy (non-hydrogen) atoms. The van der Waals surface area contributed by atoms with Crippen LogP contribution in [-0.2, 0) is 11.8 Å². The van der Waals surface area contributed by atoms with Gasteiger partial charge in [-0.3, -0.25) is 4.79 Å². The number of benzene rings is 1. The van der Waals surface area contributed by atoms with Crippen LogP contribution >= 0.6 is 34.4 Å². The molecule has 0 aliphatic heterocycles. The van der Waals surface area contributed by atoms with E-state index in [0.717, 1.165) is 14.4 Å². The Morgan fingerprint density at radius 3 is 3.06 bits per heavy atom. The summed E-state index contributed by atoms with van der Waals surface area (Å²) in [4.78, 5) is 15.9. The van der Waals surface area contributed by atoms with E-state index in [4.69, 9.17) is 0 Å². The summed E-state index contributed by atoms with van der Waals surface area (Å²) < 4.78 is 2.99. The molecule has 0 saturated heterocycles. The zero-order valence-corrected chi connectivity index (χ0v) is 12.7. The topological polar surface area (TPSA) is 46.9 Å². The lowest BCUT2D eigenvalue weighted by Gasteiger charge is -2.05. The molecule has 1 aromatic heterocycles. The molecule has 0 unspecified atom stereocenters. The van der Waals surface area contributed by atoms with Gasteiger partial charge in [-0.1, -0.05) is 17.8 Å². The lowest BCUT2D eigenvalue weighted by Crippen LogP contribution is -2.14. The molecule has 2 aromatic rings. The number of carbonyl (C=O) groups excluding carboxylic acids is 1. The summed E-state index contributed by atoms with van der Waals surface area (Å²) >= 11 is 3.64. The maximum Gasteiger partial charge on any atom is 0.234 e. The van der Waals surface area contributed by atoms with E-state index in [0.29, 0.717) is 5.75 Å². The lowest BCUT2D eigenvalue weighted by molar-refractivity contribution is -0.113. The average molecular weight is 373 g/mol. The number of hydrogen-bond acceptors (Lipinski definition) is 3. The van der Waals surface area contributed by atoms with E-state index in [1.165, 1.54) is 11.8 Å². The van der Waals surface area contributed by atoms with Gasteiger partial charge in [-0.15, -0.1) is 0 Å². The molecule has 0 aliphatic carbocycles. The molecule has 94 valence electrons. The largest absolute Gasteiger partial charge is 0.329 e. The molecule has 1 amide bonds. The van der Waals surface area contributed by atoms with E-state index in [1.807, 2.05) is 42.1 Å². The Kier molecular flexibility index (Phi) is 4.65. The number of nitrogens with zero attached hydrogens (tertiary/aromatic N) is 2. The van der Waals surface area contributed by atoms with Crippen LogP contribution in [0.15, 0.2) is 41.8 Å². The lowest BCUT2D eigenvalue weighted by atomic mass is 10.3. The van der Waals surface area contributed by atoms with Crippen molar-refractivity contribution in [3.8, 4) is 0 Å². The summed E-state index contributed by atoms with van der Waals surface area (Å²) in [6.07, 6.45) is 3.58. The molecule has 1 heterocycles. The van der Waals surface area contributed by atoms with Crippen molar-refractivity contribution in [1.82, 2.24) is 9.55 Å². The van der Waals surface area contributed by atoms with Crippen LogP contribution in [0.25, 0.3) is 0 Å². The van der Waals surface area contributed by atoms with Gasteiger partial charge >= 0.3 is 0 Å². The van der Waals surface area contributed by atoms with Crippen molar-refractivity contribution < 1.29 is 4.79 Å². The molecule has 0 aliphatic rings. The average Bonchev–Trinajstić information content (AvgIpc) is 2.72. The molecule has 0 fully saturated rings. The first-order chi connectivity index (χ1) is 8.65. The molecule has 1 N–H and O–H groups in total. The summed E-state index contributed by atoms with van der Waals surface area (Å²) in [7, 11) is 1.91. The number of hydrogen-bond donors (Lipinski definition) is 1. The van der Waals surface area contributed by atoms with Gasteiger partial charge in [0, 0.05) is 28.7 Å². The molecule has 0 spiro atoms. The third kappa shape index (κ3) is 3.74. The minimum Gasteiger partial charge on any atom is -0.329 e. The van der Waals surface area contributed by atoms with Crippen molar-refractivity contribution in [1.29, 1.82) is 0 Å². The second-order valence-corrected chi connectivity index (χ2v) is 5.86. The SMILES string of the molecule is Cn1ccnc1SCC(=O)Nc1cccc(I)c1. The van der Waals surface area contributed by atoms with Crippen LogP contribution < -0.4 is 5.32 Å². The molecular formula is C12H12IN3OS. The third-order valence-corrected chi connectivity index (χ3v) is 3.95. The number of halogens is 1. The minimum atomic E-state index is -0.0231. The van der Waals surface area contributed by atoms with Gasteiger partial charge in [0.1, 0.15) is 0 Å². The Morgan fingerprint density at radius 1 is 1.56 bits per heavy atom. The zero-order chi connectivity index (χ0) is 13.0. The van der Waals surface area contributed by atoms with Crippen LogP contribution in [0.4, 0.5) is 5.69 Å². The van der Waals surface area contributed by atoms with Crippen LogP contribution in [0, 0.1) is 3.57 Å². The Morgan fingerprint density at radius 2 is 2.39 bits per heavy atom. The van der Waals surface area contributed by atoms with Gasteiger partial charge < -0.3 is 9.88 Å². The van der Waals surface area contributed by atoms with Crippen molar-refractivity contribution in [2.75, 3.05) is 11.1 Å². The normalized spacial score (nSPS) is 10.3. The predicted octanol–water partition coefficient (Wildman–Crippen LogP) is 2.76. The first-order valence-corrected chi connectivity index (χ1v) is 7.37. The fourth-order valence-electron chi connectivity index (χ4n) is 1.38. The number of anilines is 1. The molecule has 1 aromatic carbocycles. The minimum absolute atomic E-state index is 0.0231. The standard InChI is InChI=1S/C12H12IN3OS/c1-16-6-5-14-12(16)18-8-11(17)15-10-4-2-3-9(13)7-10/h2-7H,8H2,1H3,(H,15,17). The number of imidazole rings is 1. The molecule has 2 rings (SSSR count). The van der Waals surface area contributed by atoms with Crippen LogP contribution in [-0.4, -0.2) is 21.2 Å². The molecule has 0 atom stereocenters. The molecule has 6 heteroatoms. The number of nitrogens with one attached hydrogen (secondary N) is 1. The maximum atomic E-state index is 11.8. The second-order valence-electron chi connectivity index (χ2n) is 3.67. The number of amides is 1. The van der Waals surface area contributed by atoms with E-state index in [1.54, 1.807) is 6.20 Å². The van der Waals surface area contributed by atoms with Crippen molar-refractivity contribution in [3.05, 3.63) is 40.2 Å². The molecule has 0 saturated carbocycles. The van der Waals surface area contributed by atoms with E-state index in [9.17, 15) is 4.79 Å². The predicted molar refractivity (Wildman–Crippen MR) is 81.7 cm³/mol. The summed E-state index contributed by atoms with van der Waals surface area (Å²) in [6.45, 7) is 0. The summed E-state index contributed by atoms with van der Waals surface area (Å²) in [6, 6.07) is 7.72. The van der Waals surface area contributed by atoms with Gasteiger partial charge in [0.05, 0.1) is 5.75 Å². The van der Waals surface area contributed by atoms with E-state index >= 15 is 0 Å². The van der Waals surface area contributed by atoms with E-state index in [2.05, 4.69) is 32.9 Å². The second kappa shape index (κ2) is 6.24.